The Labute approximate surface area is 126 Å². The van der Waals surface area contributed by atoms with Gasteiger partial charge in [0.05, 0.1) is 0 Å². The molecule has 0 saturated carbocycles. The third-order valence-corrected chi connectivity index (χ3v) is 2.72. The number of benzene rings is 1. The Hall–Kier alpha value is -1.44. The fraction of sp³-hybridized carbons (Fsp3) is 0.556. The summed E-state index contributed by atoms with van der Waals surface area (Å²) in [6.07, 6.45) is 1.19. The Bertz CT molecular complexity index is 274. The van der Waals surface area contributed by atoms with Gasteiger partial charge in [0.15, 0.2) is 0 Å². The molecule has 0 spiro atoms. The predicted molar refractivity (Wildman–Crippen MR) is 91.4 cm³/mol. The van der Waals surface area contributed by atoms with Gasteiger partial charge >= 0.3 is 0 Å². The maximum atomic E-state index is 8.00. The van der Waals surface area contributed by atoms with Crippen LogP contribution < -0.4 is 0 Å². The molecule has 0 heterocycles. The molecule has 118 valence electrons. The molecule has 0 unspecified atom stereocenters. The van der Waals surface area contributed by atoms with Gasteiger partial charge < -0.3 is 9.59 Å². The molecule has 0 aromatic heterocycles. The van der Waals surface area contributed by atoms with Gasteiger partial charge in [-0.1, -0.05) is 78.3 Å². The molecule has 1 rings (SSSR count). The van der Waals surface area contributed by atoms with E-state index in [-0.39, 0.29) is 0 Å². The van der Waals surface area contributed by atoms with E-state index < -0.39 is 0 Å². The Balaban J connectivity index is -0.000000138. The van der Waals surface area contributed by atoms with E-state index in [9.17, 15) is 0 Å². The third-order valence-electron chi connectivity index (χ3n) is 2.72. The first-order valence-electron chi connectivity index (χ1n) is 7.21. The summed E-state index contributed by atoms with van der Waals surface area (Å²) in [5.41, 5.74) is 3.11. The lowest BCUT2D eigenvalue weighted by Gasteiger charge is -2.23. The molecule has 1 aromatic carbocycles. The van der Waals surface area contributed by atoms with E-state index in [0.717, 1.165) is 0 Å². The highest BCUT2D eigenvalue weighted by molar-refractivity contribution is 5.27. The van der Waals surface area contributed by atoms with E-state index in [1.165, 1.54) is 17.5 Å². The zero-order valence-electron chi connectivity index (χ0n) is 14.7. The zero-order chi connectivity index (χ0) is 17.2. The topological polar surface area (TPSA) is 34.1 Å². The number of carbonyl (C=O) groups is 2. The van der Waals surface area contributed by atoms with E-state index in [4.69, 9.17) is 9.59 Å². The fourth-order valence-electron chi connectivity index (χ4n) is 1.21. The van der Waals surface area contributed by atoms with Gasteiger partial charge in [-0.05, 0) is 24.3 Å². The largest absolute Gasteiger partial charge is 0.307 e. The maximum Gasteiger partial charge on any atom is 0.106 e. The van der Waals surface area contributed by atoms with Crippen molar-refractivity contribution in [1.82, 2.24) is 0 Å². The molecule has 0 aliphatic rings. The van der Waals surface area contributed by atoms with E-state index >= 15 is 0 Å². The molecule has 0 saturated heterocycles. The van der Waals surface area contributed by atoms with Gasteiger partial charge in [-0.3, -0.25) is 0 Å². The van der Waals surface area contributed by atoms with Crippen LogP contribution in [0.15, 0.2) is 24.3 Å². The SMILES string of the molecule is C=O.C=O.CC.CC.CCC(C)(C)c1ccc(C)cc1. The standard InChI is InChI=1S/C12H18.2C2H6.2CH2O/c1-5-12(3,4)11-8-6-10(2)7-9-11;4*1-2/h6-9H,5H2,1-4H3;2*1-2H3;2*1H2. The molecule has 0 amide bonds. The minimum absolute atomic E-state index is 0.327. The molecule has 0 radical (unpaired) electrons. The first-order valence-corrected chi connectivity index (χ1v) is 7.21. The van der Waals surface area contributed by atoms with Crippen molar-refractivity contribution < 1.29 is 9.59 Å². The van der Waals surface area contributed by atoms with Crippen molar-refractivity contribution in [2.45, 2.75) is 67.2 Å². The first-order chi connectivity index (χ1) is 9.56. The van der Waals surface area contributed by atoms with Crippen molar-refractivity contribution in [1.29, 1.82) is 0 Å². The number of carbonyl (C=O) groups excluding carboxylic acids is 2. The number of rotatable bonds is 2. The molecule has 0 atom stereocenters. The lowest BCUT2D eigenvalue weighted by molar-refractivity contribution is -0.0987. The normalized spacial score (nSPS) is 8.00. The molecular weight excluding hydrogens is 248 g/mol. The summed E-state index contributed by atoms with van der Waals surface area (Å²) < 4.78 is 0. The summed E-state index contributed by atoms with van der Waals surface area (Å²) in [5, 5.41) is 0. The van der Waals surface area contributed by atoms with E-state index in [1.54, 1.807) is 0 Å². The summed E-state index contributed by atoms with van der Waals surface area (Å²) in [6.45, 7) is 20.9. The van der Waals surface area contributed by atoms with Gasteiger partial charge in [0.2, 0.25) is 0 Å². The highest BCUT2D eigenvalue weighted by Gasteiger charge is 2.16. The monoisotopic (exact) mass is 282 g/mol. The van der Waals surface area contributed by atoms with Crippen LogP contribution in [0, 0.1) is 6.92 Å². The minimum Gasteiger partial charge on any atom is -0.307 e. The minimum atomic E-state index is 0.327. The van der Waals surface area contributed by atoms with Crippen LogP contribution in [0.2, 0.25) is 0 Å². The van der Waals surface area contributed by atoms with Crippen LogP contribution in [0.1, 0.15) is 66.0 Å². The van der Waals surface area contributed by atoms with E-state index in [0.29, 0.717) is 5.41 Å². The van der Waals surface area contributed by atoms with Crippen LogP contribution in [-0.2, 0) is 15.0 Å². The van der Waals surface area contributed by atoms with Crippen LogP contribution >= 0.6 is 0 Å². The van der Waals surface area contributed by atoms with Gasteiger partial charge in [-0.15, -0.1) is 0 Å². The molecule has 0 aliphatic heterocycles. The Morgan fingerprint density at radius 1 is 0.850 bits per heavy atom. The second-order valence-electron chi connectivity index (χ2n) is 4.10. The van der Waals surface area contributed by atoms with Gasteiger partial charge in [0, 0.05) is 0 Å². The maximum absolute atomic E-state index is 8.00. The van der Waals surface area contributed by atoms with Gasteiger partial charge in [0.25, 0.3) is 0 Å². The van der Waals surface area contributed by atoms with Crippen LogP contribution in [0.3, 0.4) is 0 Å². The van der Waals surface area contributed by atoms with Crippen molar-refractivity contribution in [3.05, 3.63) is 35.4 Å². The molecule has 2 nitrogen and oxygen atoms in total. The average Bonchev–Trinajstić information content (AvgIpc) is 2.55. The van der Waals surface area contributed by atoms with Crippen molar-refractivity contribution in [3.63, 3.8) is 0 Å². The van der Waals surface area contributed by atoms with Crippen molar-refractivity contribution in [2.24, 2.45) is 0 Å². The second-order valence-corrected chi connectivity index (χ2v) is 4.10. The van der Waals surface area contributed by atoms with Crippen molar-refractivity contribution in [2.75, 3.05) is 0 Å². The molecule has 0 N–H and O–H groups in total. The summed E-state index contributed by atoms with van der Waals surface area (Å²) in [5.74, 6) is 0. The van der Waals surface area contributed by atoms with Crippen molar-refractivity contribution >= 4 is 13.6 Å². The molecule has 2 heteroatoms. The van der Waals surface area contributed by atoms with Crippen LogP contribution in [-0.4, -0.2) is 13.6 Å². The summed E-state index contributed by atoms with van der Waals surface area (Å²) >= 11 is 0. The highest BCUT2D eigenvalue weighted by Crippen LogP contribution is 2.26. The fourth-order valence-corrected chi connectivity index (χ4v) is 1.21. The number of aryl methyl sites for hydroxylation is 1. The molecule has 0 bridgehead atoms. The zero-order valence-corrected chi connectivity index (χ0v) is 14.7. The predicted octanol–water partition coefficient (Wildman–Crippen LogP) is 5.37. The Kier molecular flexibility index (Phi) is 26.8. The lowest BCUT2D eigenvalue weighted by atomic mass is 9.82. The second kappa shape index (κ2) is 19.9. The van der Waals surface area contributed by atoms with E-state index in [1.807, 2.05) is 41.3 Å². The highest BCUT2D eigenvalue weighted by atomic mass is 16.1. The summed E-state index contributed by atoms with van der Waals surface area (Å²) in [7, 11) is 0. The average molecular weight is 282 g/mol. The molecule has 0 fully saturated rings. The number of hydrogen-bond donors (Lipinski definition) is 0. The van der Waals surface area contributed by atoms with Gasteiger partial charge in [-0.25, -0.2) is 0 Å². The van der Waals surface area contributed by atoms with E-state index in [2.05, 4.69) is 52.0 Å². The summed E-state index contributed by atoms with van der Waals surface area (Å²) in [4.78, 5) is 16.0. The lowest BCUT2D eigenvalue weighted by Crippen LogP contribution is -2.14. The van der Waals surface area contributed by atoms with Gasteiger partial charge in [0.1, 0.15) is 13.6 Å². The molecule has 0 aliphatic carbocycles. The quantitative estimate of drug-likeness (QED) is 0.731. The van der Waals surface area contributed by atoms with Crippen LogP contribution in [0.5, 0.6) is 0 Å². The molecular formula is C18H34O2. The molecule has 1 aromatic rings. The Morgan fingerprint density at radius 2 is 1.15 bits per heavy atom. The smallest absolute Gasteiger partial charge is 0.106 e. The van der Waals surface area contributed by atoms with Crippen molar-refractivity contribution in [3.8, 4) is 0 Å². The molecule has 20 heavy (non-hydrogen) atoms. The Morgan fingerprint density at radius 3 is 1.40 bits per heavy atom. The summed E-state index contributed by atoms with van der Waals surface area (Å²) in [6, 6.07) is 8.84. The number of hydrogen-bond acceptors (Lipinski definition) is 2. The van der Waals surface area contributed by atoms with Gasteiger partial charge in [-0.2, -0.15) is 0 Å². The van der Waals surface area contributed by atoms with Crippen LogP contribution in [0.25, 0.3) is 0 Å². The van der Waals surface area contributed by atoms with Crippen LogP contribution in [0.4, 0.5) is 0 Å². The third kappa shape index (κ3) is 13.0. The first kappa shape index (κ1) is 27.0.